The highest BCUT2D eigenvalue weighted by Gasteiger charge is 2.38. The van der Waals surface area contributed by atoms with Gasteiger partial charge in [0.1, 0.15) is 18.4 Å². The highest BCUT2D eigenvalue weighted by molar-refractivity contribution is 6.01. The van der Waals surface area contributed by atoms with Gasteiger partial charge in [0.2, 0.25) is 0 Å². The zero-order valence-corrected chi connectivity index (χ0v) is 13.0. The van der Waals surface area contributed by atoms with Gasteiger partial charge in [0.15, 0.2) is 5.76 Å². The number of rotatable bonds is 7. The van der Waals surface area contributed by atoms with E-state index in [0.29, 0.717) is 5.70 Å². The van der Waals surface area contributed by atoms with Crippen LogP contribution in [0.4, 0.5) is 0 Å². The summed E-state index contributed by atoms with van der Waals surface area (Å²) >= 11 is 0. The molecule has 0 aromatic carbocycles. The van der Waals surface area contributed by atoms with Gasteiger partial charge in [-0.1, -0.05) is 0 Å². The summed E-state index contributed by atoms with van der Waals surface area (Å²) in [5.41, 5.74) is -1.05. The van der Waals surface area contributed by atoms with Crippen molar-refractivity contribution >= 4 is 11.7 Å². The molecule has 130 valence electrons. The van der Waals surface area contributed by atoms with E-state index in [2.05, 4.69) is 10.3 Å². The number of nitrogens with one attached hydrogen (secondary N) is 1. The van der Waals surface area contributed by atoms with Crippen LogP contribution in [0.1, 0.15) is 19.8 Å². The van der Waals surface area contributed by atoms with Crippen LogP contribution >= 0.6 is 0 Å². The largest absolute Gasteiger partial charge is 0.508 e. The number of aliphatic carboxylic acids is 1. The lowest BCUT2D eigenvalue weighted by atomic mass is 9.85. The molecule has 0 saturated carbocycles. The van der Waals surface area contributed by atoms with Crippen LogP contribution in [0.3, 0.4) is 0 Å². The Morgan fingerprint density at radius 3 is 2.57 bits per heavy atom. The SMILES string of the molecule is COC1=C(NC=C(O)CO)CC(O)(CO)CC1=NC(C)C(=O)O. The number of aliphatic hydroxyl groups excluding tert-OH is 3. The van der Waals surface area contributed by atoms with Crippen molar-refractivity contribution in [2.45, 2.75) is 31.4 Å². The fourth-order valence-electron chi connectivity index (χ4n) is 2.12. The predicted molar refractivity (Wildman–Crippen MR) is 80.8 cm³/mol. The van der Waals surface area contributed by atoms with Crippen LogP contribution in [0.2, 0.25) is 0 Å². The van der Waals surface area contributed by atoms with Crippen LogP contribution in [-0.4, -0.2) is 69.2 Å². The minimum atomic E-state index is -1.54. The molecule has 0 amide bonds. The Bertz CT molecular complexity index is 541. The maximum atomic E-state index is 11.0. The topological polar surface area (TPSA) is 152 Å². The molecule has 0 aromatic heterocycles. The number of allylic oxidation sites excluding steroid dienone is 1. The Kier molecular flexibility index (Phi) is 6.55. The third kappa shape index (κ3) is 4.95. The van der Waals surface area contributed by atoms with Gasteiger partial charge < -0.3 is 35.6 Å². The van der Waals surface area contributed by atoms with Crippen molar-refractivity contribution in [3.8, 4) is 0 Å². The summed E-state index contributed by atoms with van der Waals surface area (Å²) in [4.78, 5) is 15.0. The maximum absolute atomic E-state index is 11.0. The molecule has 0 radical (unpaired) electrons. The number of carboxylic acid groups (broad SMARTS) is 1. The number of hydrogen-bond acceptors (Lipinski definition) is 8. The number of nitrogens with zero attached hydrogens (tertiary/aromatic N) is 1. The lowest BCUT2D eigenvalue weighted by molar-refractivity contribution is -0.138. The molecule has 0 aliphatic heterocycles. The second-order valence-corrected chi connectivity index (χ2v) is 5.28. The monoisotopic (exact) mass is 330 g/mol. The first-order valence-corrected chi connectivity index (χ1v) is 6.92. The number of carboxylic acids is 1. The quantitative estimate of drug-likeness (QED) is 0.334. The number of aliphatic hydroxyl groups is 4. The number of methoxy groups -OCH3 is 1. The first-order chi connectivity index (χ1) is 10.8. The van der Waals surface area contributed by atoms with E-state index in [1.807, 2.05) is 0 Å². The molecule has 0 fully saturated rings. The van der Waals surface area contributed by atoms with Crippen molar-refractivity contribution in [2.75, 3.05) is 20.3 Å². The van der Waals surface area contributed by atoms with E-state index < -0.39 is 30.8 Å². The molecule has 2 unspecified atom stereocenters. The summed E-state index contributed by atoms with van der Waals surface area (Å²) in [5.74, 6) is -1.26. The summed E-state index contributed by atoms with van der Waals surface area (Å²) < 4.78 is 5.23. The van der Waals surface area contributed by atoms with Gasteiger partial charge in [-0.05, 0) is 6.92 Å². The molecule has 6 N–H and O–H groups in total. The van der Waals surface area contributed by atoms with Crippen LogP contribution in [0.25, 0.3) is 0 Å². The number of hydrogen-bond donors (Lipinski definition) is 6. The van der Waals surface area contributed by atoms with Crippen molar-refractivity contribution in [1.29, 1.82) is 0 Å². The maximum Gasteiger partial charge on any atom is 0.328 e. The van der Waals surface area contributed by atoms with Crippen molar-refractivity contribution in [1.82, 2.24) is 5.32 Å². The second kappa shape index (κ2) is 7.95. The van der Waals surface area contributed by atoms with E-state index in [1.165, 1.54) is 14.0 Å². The van der Waals surface area contributed by atoms with Gasteiger partial charge in [0, 0.05) is 19.0 Å². The van der Waals surface area contributed by atoms with E-state index in [-0.39, 0.29) is 30.1 Å². The van der Waals surface area contributed by atoms with Crippen LogP contribution in [0.15, 0.2) is 28.4 Å². The van der Waals surface area contributed by atoms with Crippen molar-refractivity contribution in [3.63, 3.8) is 0 Å². The summed E-state index contributed by atoms with van der Waals surface area (Å²) in [7, 11) is 1.36. The molecule has 23 heavy (non-hydrogen) atoms. The first-order valence-electron chi connectivity index (χ1n) is 6.92. The van der Waals surface area contributed by atoms with Crippen molar-refractivity contribution in [3.05, 3.63) is 23.4 Å². The zero-order chi connectivity index (χ0) is 17.6. The fourth-order valence-corrected chi connectivity index (χ4v) is 2.12. The minimum Gasteiger partial charge on any atom is -0.508 e. The first kappa shape index (κ1) is 18.9. The Morgan fingerprint density at radius 2 is 2.09 bits per heavy atom. The van der Waals surface area contributed by atoms with E-state index in [9.17, 15) is 20.1 Å². The van der Waals surface area contributed by atoms with Crippen LogP contribution in [-0.2, 0) is 9.53 Å². The van der Waals surface area contributed by atoms with Crippen LogP contribution < -0.4 is 5.32 Å². The lowest BCUT2D eigenvalue weighted by Gasteiger charge is -2.33. The van der Waals surface area contributed by atoms with Gasteiger partial charge in [-0.2, -0.15) is 0 Å². The molecular formula is C14H22N2O7. The molecule has 0 saturated heterocycles. The number of carbonyl (C=O) groups is 1. The van der Waals surface area contributed by atoms with Crippen LogP contribution in [0.5, 0.6) is 0 Å². The molecule has 1 rings (SSSR count). The zero-order valence-electron chi connectivity index (χ0n) is 13.0. The van der Waals surface area contributed by atoms with Gasteiger partial charge in [-0.25, -0.2) is 4.79 Å². The van der Waals surface area contributed by atoms with Gasteiger partial charge in [-0.3, -0.25) is 4.99 Å². The molecule has 2 atom stereocenters. The molecule has 0 aromatic rings. The van der Waals surface area contributed by atoms with Gasteiger partial charge >= 0.3 is 5.97 Å². The molecule has 1 aliphatic rings. The van der Waals surface area contributed by atoms with Gasteiger partial charge in [0.05, 0.1) is 30.7 Å². The highest BCUT2D eigenvalue weighted by atomic mass is 16.5. The summed E-state index contributed by atoms with van der Waals surface area (Å²) in [6.07, 6.45) is 1.00. The Balaban J connectivity index is 3.27. The number of aliphatic imine (C=N–C) groups is 1. The Hall–Kier alpha value is -2.10. The summed E-state index contributed by atoms with van der Waals surface area (Å²) in [6.45, 7) is 0.231. The van der Waals surface area contributed by atoms with Crippen molar-refractivity contribution < 1.29 is 35.1 Å². The predicted octanol–water partition coefficient (Wildman–Crippen LogP) is -0.743. The second-order valence-electron chi connectivity index (χ2n) is 5.28. The summed E-state index contributed by atoms with van der Waals surface area (Å²) in [6, 6.07) is -1.06. The third-order valence-electron chi connectivity index (χ3n) is 3.32. The standard InChI is InChI=1S/C14H22N2O7/c1-8(13(20)21)16-11-4-14(22,7-18)3-10(12(11)23-2)15-5-9(19)6-17/h5,8,15,17-19,22H,3-4,6-7H2,1-2H3,(H,20,21). The third-order valence-corrected chi connectivity index (χ3v) is 3.32. The highest BCUT2D eigenvalue weighted by Crippen LogP contribution is 2.30. The average Bonchev–Trinajstić information content (AvgIpc) is 2.52. The minimum absolute atomic E-state index is 0.0254. The van der Waals surface area contributed by atoms with Gasteiger partial charge in [-0.15, -0.1) is 0 Å². The number of ether oxygens (including phenoxy) is 1. The Morgan fingerprint density at radius 1 is 1.43 bits per heavy atom. The van der Waals surface area contributed by atoms with Crippen LogP contribution in [0, 0.1) is 0 Å². The molecule has 1 aliphatic carbocycles. The summed E-state index contributed by atoms with van der Waals surface area (Å²) in [5, 5.41) is 49.5. The van der Waals surface area contributed by atoms with E-state index >= 15 is 0 Å². The normalized spacial score (nSPS) is 25.4. The molecule has 9 nitrogen and oxygen atoms in total. The molecule has 9 heteroatoms. The van der Waals surface area contributed by atoms with E-state index in [0.717, 1.165) is 6.20 Å². The average molecular weight is 330 g/mol. The Labute approximate surface area is 133 Å². The molecular weight excluding hydrogens is 308 g/mol. The van der Waals surface area contributed by atoms with E-state index in [4.69, 9.17) is 14.9 Å². The van der Waals surface area contributed by atoms with E-state index in [1.54, 1.807) is 0 Å². The lowest BCUT2D eigenvalue weighted by Crippen LogP contribution is -2.43. The molecule has 0 spiro atoms. The molecule has 0 bridgehead atoms. The smallest absolute Gasteiger partial charge is 0.328 e. The fraction of sp³-hybridized carbons (Fsp3) is 0.571. The molecule has 0 heterocycles. The van der Waals surface area contributed by atoms with Crippen molar-refractivity contribution in [2.24, 2.45) is 4.99 Å². The van der Waals surface area contributed by atoms with Gasteiger partial charge in [0.25, 0.3) is 0 Å².